The van der Waals surface area contributed by atoms with Crippen molar-refractivity contribution in [3.8, 4) is 0 Å². The first-order valence-electron chi connectivity index (χ1n) is 7.69. The Morgan fingerprint density at radius 3 is 2.57 bits per heavy atom. The van der Waals surface area contributed by atoms with E-state index in [1.54, 1.807) is 0 Å². The number of hydrogen-bond donors (Lipinski definition) is 2. The van der Waals surface area contributed by atoms with Crippen LogP contribution in [0.25, 0.3) is 0 Å². The second-order valence-corrected chi connectivity index (χ2v) is 5.89. The van der Waals surface area contributed by atoms with Crippen LogP contribution in [0.15, 0.2) is 0 Å². The molecule has 120 valence electrons. The minimum absolute atomic E-state index is 0.0459. The van der Waals surface area contributed by atoms with Gasteiger partial charge in [-0.25, -0.2) is 0 Å². The predicted octanol–water partition coefficient (Wildman–Crippen LogP) is -1.36. The Balaban J connectivity index is 1.72. The highest BCUT2D eigenvalue weighted by atomic mass is 16.5. The fourth-order valence-corrected chi connectivity index (χ4v) is 2.62. The van der Waals surface area contributed by atoms with Gasteiger partial charge >= 0.3 is 0 Å². The van der Waals surface area contributed by atoms with Crippen LogP contribution in [0, 0.1) is 0 Å². The number of nitrogens with one attached hydrogen (secondary N) is 2. The highest BCUT2D eigenvalue weighted by Crippen LogP contribution is 2.07. The number of morpholine rings is 1. The molecule has 0 bridgehead atoms. The monoisotopic (exact) mass is 298 g/mol. The molecule has 1 unspecified atom stereocenters. The van der Waals surface area contributed by atoms with Crippen molar-refractivity contribution in [2.45, 2.75) is 26.0 Å². The lowest BCUT2D eigenvalue weighted by atomic mass is 10.2. The summed E-state index contributed by atoms with van der Waals surface area (Å²) in [5, 5.41) is 6.06. The van der Waals surface area contributed by atoms with E-state index in [1.165, 1.54) is 0 Å². The number of hydrogen-bond acceptors (Lipinski definition) is 5. The third kappa shape index (κ3) is 4.94. The number of carbonyl (C=O) groups excluding carboxylic acids is 2. The molecule has 7 heteroatoms. The Labute approximate surface area is 126 Å². The highest BCUT2D eigenvalue weighted by Gasteiger charge is 2.29. The summed E-state index contributed by atoms with van der Waals surface area (Å²) in [5.41, 5.74) is 0. The molecule has 2 amide bonds. The van der Waals surface area contributed by atoms with Crippen LogP contribution in [0.4, 0.5) is 0 Å². The van der Waals surface area contributed by atoms with Crippen molar-refractivity contribution in [3.05, 3.63) is 0 Å². The lowest BCUT2D eigenvalue weighted by molar-refractivity contribution is -0.147. The van der Waals surface area contributed by atoms with Gasteiger partial charge in [0, 0.05) is 45.3 Å². The third-order valence-electron chi connectivity index (χ3n) is 3.70. The molecule has 1 atom stereocenters. The molecule has 0 aromatic rings. The maximum atomic E-state index is 12.3. The van der Waals surface area contributed by atoms with Crippen molar-refractivity contribution in [1.29, 1.82) is 0 Å². The predicted molar refractivity (Wildman–Crippen MR) is 78.9 cm³/mol. The van der Waals surface area contributed by atoms with Crippen LogP contribution in [0.5, 0.6) is 0 Å². The molecule has 2 aliphatic rings. The summed E-state index contributed by atoms with van der Waals surface area (Å²) in [6, 6.07) is 0.163. The summed E-state index contributed by atoms with van der Waals surface area (Å²) in [6.45, 7) is 9.08. The van der Waals surface area contributed by atoms with Gasteiger partial charge in [0.25, 0.3) is 5.91 Å². The van der Waals surface area contributed by atoms with Gasteiger partial charge in [-0.1, -0.05) is 0 Å². The first kappa shape index (κ1) is 16.2. The largest absolute Gasteiger partial charge is 0.366 e. The van der Waals surface area contributed by atoms with Crippen molar-refractivity contribution in [1.82, 2.24) is 20.4 Å². The molecular formula is C14H26N4O3. The van der Waals surface area contributed by atoms with Gasteiger partial charge in [-0.05, 0) is 13.8 Å². The molecule has 0 aromatic heterocycles. The molecule has 2 N–H and O–H groups in total. The number of ether oxygens (including phenoxy) is 1. The van der Waals surface area contributed by atoms with Crippen molar-refractivity contribution in [2.75, 3.05) is 52.4 Å². The van der Waals surface area contributed by atoms with Gasteiger partial charge < -0.3 is 20.3 Å². The summed E-state index contributed by atoms with van der Waals surface area (Å²) in [7, 11) is 0. The minimum Gasteiger partial charge on any atom is -0.366 e. The van der Waals surface area contributed by atoms with E-state index in [0.717, 1.165) is 19.6 Å². The molecule has 0 aliphatic carbocycles. The van der Waals surface area contributed by atoms with Gasteiger partial charge in [0.1, 0.15) is 6.10 Å². The Morgan fingerprint density at radius 2 is 2.00 bits per heavy atom. The normalized spacial score (nSPS) is 24.1. The van der Waals surface area contributed by atoms with Crippen LogP contribution in [0.2, 0.25) is 0 Å². The van der Waals surface area contributed by atoms with E-state index in [9.17, 15) is 9.59 Å². The molecule has 0 aromatic carbocycles. The molecule has 2 aliphatic heterocycles. The first-order valence-corrected chi connectivity index (χ1v) is 7.69. The molecule has 2 saturated heterocycles. The molecule has 0 spiro atoms. The zero-order chi connectivity index (χ0) is 15.2. The molecule has 2 heterocycles. The summed E-state index contributed by atoms with van der Waals surface area (Å²) in [4.78, 5) is 27.9. The van der Waals surface area contributed by atoms with Gasteiger partial charge in [-0.2, -0.15) is 0 Å². The topological polar surface area (TPSA) is 73.9 Å². The molecule has 7 nitrogen and oxygen atoms in total. The van der Waals surface area contributed by atoms with Crippen molar-refractivity contribution < 1.29 is 14.3 Å². The zero-order valence-corrected chi connectivity index (χ0v) is 12.9. The van der Waals surface area contributed by atoms with E-state index in [1.807, 2.05) is 18.7 Å². The smallest absolute Gasteiger partial charge is 0.253 e. The molecule has 2 fully saturated rings. The highest BCUT2D eigenvalue weighted by molar-refractivity contribution is 5.81. The average Bonchev–Trinajstić information content (AvgIpc) is 2.47. The van der Waals surface area contributed by atoms with Gasteiger partial charge in [0.15, 0.2) is 0 Å². The average molecular weight is 298 g/mol. The summed E-state index contributed by atoms with van der Waals surface area (Å²) >= 11 is 0. The molecule has 0 radical (unpaired) electrons. The molecule has 0 saturated carbocycles. The van der Waals surface area contributed by atoms with Crippen LogP contribution in [0.3, 0.4) is 0 Å². The summed E-state index contributed by atoms with van der Waals surface area (Å²) in [5.74, 6) is 0.109. The van der Waals surface area contributed by atoms with Crippen LogP contribution >= 0.6 is 0 Å². The minimum atomic E-state index is -0.352. The third-order valence-corrected chi connectivity index (χ3v) is 3.70. The van der Waals surface area contributed by atoms with Gasteiger partial charge in [0.05, 0.1) is 13.2 Å². The number of amides is 2. The van der Waals surface area contributed by atoms with Gasteiger partial charge in [-0.15, -0.1) is 0 Å². The van der Waals surface area contributed by atoms with E-state index in [4.69, 9.17) is 4.74 Å². The van der Waals surface area contributed by atoms with Gasteiger partial charge in [0.2, 0.25) is 5.91 Å². The SMILES string of the molecule is CC(C)NC(=O)CN1CCN(C(=O)C2CNCCO2)CC1. The molecular weight excluding hydrogens is 272 g/mol. The van der Waals surface area contributed by atoms with Crippen molar-refractivity contribution in [2.24, 2.45) is 0 Å². The van der Waals surface area contributed by atoms with Gasteiger partial charge in [-0.3, -0.25) is 14.5 Å². The zero-order valence-electron chi connectivity index (χ0n) is 12.9. The van der Waals surface area contributed by atoms with E-state index >= 15 is 0 Å². The second kappa shape index (κ2) is 7.72. The van der Waals surface area contributed by atoms with Crippen LogP contribution in [-0.2, 0) is 14.3 Å². The summed E-state index contributed by atoms with van der Waals surface area (Å²) in [6.07, 6.45) is -0.352. The van der Waals surface area contributed by atoms with Crippen LogP contribution < -0.4 is 10.6 Å². The Morgan fingerprint density at radius 1 is 1.29 bits per heavy atom. The number of rotatable bonds is 4. The second-order valence-electron chi connectivity index (χ2n) is 5.89. The number of carbonyl (C=O) groups is 2. The Hall–Kier alpha value is -1.18. The number of piperazine rings is 1. The fraction of sp³-hybridized carbons (Fsp3) is 0.857. The number of nitrogens with zero attached hydrogens (tertiary/aromatic N) is 2. The summed E-state index contributed by atoms with van der Waals surface area (Å²) < 4.78 is 5.50. The first-order chi connectivity index (χ1) is 10.1. The molecule has 2 rings (SSSR count). The van der Waals surface area contributed by atoms with Crippen LogP contribution in [-0.4, -0.2) is 86.2 Å². The fourth-order valence-electron chi connectivity index (χ4n) is 2.62. The standard InChI is InChI=1S/C14H26N4O3/c1-11(2)16-13(19)10-17-4-6-18(7-5-17)14(20)12-9-15-3-8-21-12/h11-12,15H,3-10H2,1-2H3,(H,16,19). The van der Waals surface area contributed by atoms with E-state index in [-0.39, 0.29) is 24.0 Å². The van der Waals surface area contributed by atoms with Crippen molar-refractivity contribution >= 4 is 11.8 Å². The Bertz CT molecular complexity index is 361. The van der Waals surface area contributed by atoms with E-state index in [2.05, 4.69) is 15.5 Å². The van der Waals surface area contributed by atoms with E-state index in [0.29, 0.717) is 32.8 Å². The lowest BCUT2D eigenvalue weighted by Gasteiger charge is -2.36. The quantitative estimate of drug-likeness (QED) is 0.671. The Kier molecular flexibility index (Phi) is 5.96. The maximum absolute atomic E-state index is 12.3. The lowest BCUT2D eigenvalue weighted by Crippen LogP contribution is -2.56. The molecule has 21 heavy (non-hydrogen) atoms. The maximum Gasteiger partial charge on any atom is 0.253 e. The van der Waals surface area contributed by atoms with E-state index < -0.39 is 0 Å². The van der Waals surface area contributed by atoms with Crippen molar-refractivity contribution in [3.63, 3.8) is 0 Å². The van der Waals surface area contributed by atoms with Crippen LogP contribution in [0.1, 0.15) is 13.8 Å².